The van der Waals surface area contributed by atoms with E-state index in [9.17, 15) is 9.59 Å². The Kier molecular flexibility index (Phi) is 3.41. The molecule has 1 N–H and O–H groups in total. The number of rotatable bonds is 3. The Balaban J connectivity index is 2.26. The van der Waals surface area contributed by atoms with Gasteiger partial charge in [0.05, 0.1) is 5.57 Å². The van der Waals surface area contributed by atoms with Crippen LogP contribution in [0.3, 0.4) is 0 Å². The van der Waals surface area contributed by atoms with Crippen molar-refractivity contribution in [3.63, 3.8) is 0 Å². The number of nitrogens with zero attached hydrogens (tertiary/aromatic N) is 1. The van der Waals surface area contributed by atoms with Crippen molar-refractivity contribution in [3.8, 4) is 0 Å². The number of hydrogen-bond donors (Lipinski definition) is 1. The number of benzene rings is 1. The average molecular weight is 241 g/mol. The maximum atomic E-state index is 11.0. The zero-order valence-electron chi connectivity index (χ0n) is 9.54. The maximum Gasteiger partial charge on any atom is 0.338 e. The summed E-state index contributed by atoms with van der Waals surface area (Å²) in [4.78, 5) is 23.5. The minimum Gasteiger partial charge on any atom is -0.478 e. The van der Waals surface area contributed by atoms with Gasteiger partial charge in [0.1, 0.15) is 5.70 Å². The minimum atomic E-state index is -1.13. The number of carbonyl (C=O) groups excluding carboxylic acids is 1. The first kappa shape index (κ1) is 11.9. The Morgan fingerprint density at radius 2 is 2.00 bits per heavy atom. The van der Waals surface area contributed by atoms with Crippen LogP contribution in [0.2, 0.25) is 0 Å². The van der Waals surface area contributed by atoms with Gasteiger partial charge in [-0.25, -0.2) is 9.59 Å². The van der Waals surface area contributed by atoms with E-state index in [1.807, 2.05) is 30.3 Å². The molecule has 18 heavy (non-hydrogen) atoms. The van der Waals surface area contributed by atoms with Crippen LogP contribution in [0.15, 0.2) is 60.0 Å². The molecule has 0 saturated carbocycles. The molecule has 0 spiro atoms. The molecule has 4 nitrogen and oxygen atoms in total. The highest BCUT2D eigenvalue weighted by molar-refractivity contribution is 5.95. The fourth-order valence-electron chi connectivity index (χ4n) is 1.75. The predicted octanol–water partition coefficient (Wildman–Crippen LogP) is 1.74. The number of carboxylic acids is 1. The molecule has 1 aliphatic rings. The molecule has 0 unspecified atom stereocenters. The van der Waals surface area contributed by atoms with Crippen LogP contribution in [-0.4, -0.2) is 21.9 Å². The lowest BCUT2D eigenvalue weighted by molar-refractivity contribution is -0.132. The Hall–Kier alpha value is -2.58. The van der Waals surface area contributed by atoms with E-state index in [4.69, 9.17) is 5.11 Å². The van der Waals surface area contributed by atoms with Gasteiger partial charge in [0.25, 0.3) is 0 Å². The van der Waals surface area contributed by atoms with Crippen LogP contribution in [-0.2, 0) is 16.1 Å². The molecular formula is C14H11NO3. The second-order valence-electron chi connectivity index (χ2n) is 3.79. The van der Waals surface area contributed by atoms with Gasteiger partial charge >= 0.3 is 5.97 Å². The van der Waals surface area contributed by atoms with Gasteiger partial charge in [0.2, 0.25) is 0 Å². The first-order valence-electron chi connectivity index (χ1n) is 5.40. The molecule has 0 amide bonds. The van der Waals surface area contributed by atoms with Gasteiger partial charge in [-0.1, -0.05) is 30.3 Å². The van der Waals surface area contributed by atoms with Gasteiger partial charge in [-0.2, -0.15) is 0 Å². The lowest BCUT2D eigenvalue weighted by Crippen LogP contribution is -2.23. The van der Waals surface area contributed by atoms with Crippen molar-refractivity contribution in [2.24, 2.45) is 0 Å². The van der Waals surface area contributed by atoms with Crippen LogP contribution in [0.4, 0.5) is 0 Å². The van der Waals surface area contributed by atoms with Crippen LogP contribution in [0, 0.1) is 0 Å². The van der Waals surface area contributed by atoms with E-state index < -0.39 is 5.97 Å². The number of aliphatic carboxylic acids is 1. The van der Waals surface area contributed by atoms with E-state index in [-0.39, 0.29) is 11.3 Å². The van der Waals surface area contributed by atoms with Crippen LogP contribution >= 0.6 is 0 Å². The van der Waals surface area contributed by atoms with Crippen molar-refractivity contribution >= 4 is 11.9 Å². The molecule has 1 aromatic rings. The number of hydrogen-bond acceptors (Lipinski definition) is 3. The van der Waals surface area contributed by atoms with Gasteiger partial charge in [-0.3, -0.25) is 0 Å². The summed E-state index contributed by atoms with van der Waals surface area (Å²) in [7, 11) is 0. The van der Waals surface area contributed by atoms with Crippen molar-refractivity contribution in [2.75, 3.05) is 0 Å². The largest absolute Gasteiger partial charge is 0.478 e. The summed E-state index contributed by atoms with van der Waals surface area (Å²) in [5.74, 6) is 0.569. The SMILES string of the molecule is O=C=C1C(C(=O)O)=CC=CN1Cc1ccccc1. The number of carbonyl (C=O) groups is 1. The third-order valence-electron chi connectivity index (χ3n) is 2.59. The molecule has 4 heteroatoms. The van der Waals surface area contributed by atoms with Crippen molar-refractivity contribution < 1.29 is 14.7 Å². The highest BCUT2D eigenvalue weighted by Crippen LogP contribution is 2.20. The summed E-state index contributed by atoms with van der Waals surface area (Å²) in [6, 6.07) is 9.50. The smallest absolute Gasteiger partial charge is 0.338 e. The molecule has 0 aliphatic carbocycles. The summed E-state index contributed by atoms with van der Waals surface area (Å²) in [5.41, 5.74) is 0.999. The topological polar surface area (TPSA) is 57.6 Å². The van der Waals surface area contributed by atoms with E-state index >= 15 is 0 Å². The fourth-order valence-corrected chi connectivity index (χ4v) is 1.75. The van der Waals surface area contributed by atoms with E-state index in [2.05, 4.69) is 0 Å². The highest BCUT2D eigenvalue weighted by atomic mass is 16.4. The summed E-state index contributed by atoms with van der Waals surface area (Å²) in [6.07, 6.45) is 4.66. The van der Waals surface area contributed by atoms with Crippen LogP contribution in [0.1, 0.15) is 5.56 Å². The van der Waals surface area contributed by atoms with E-state index in [0.717, 1.165) is 5.56 Å². The zero-order chi connectivity index (χ0) is 13.0. The molecule has 0 saturated heterocycles. The van der Waals surface area contributed by atoms with Crippen molar-refractivity contribution in [3.05, 3.63) is 65.5 Å². The Labute approximate surface area is 104 Å². The Bertz CT molecular complexity index is 566. The molecule has 0 fully saturated rings. The first-order chi connectivity index (χ1) is 8.72. The van der Waals surface area contributed by atoms with Gasteiger partial charge < -0.3 is 10.0 Å². The summed E-state index contributed by atoms with van der Waals surface area (Å²) in [5, 5.41) is 9.00. The van der Waals surface area contributed by atoms with E-state index in [1.165, 1.54) is 6.08 Å². The highest BCUT2D eigenvalue weighted by Gasteiger charge is 2.21. The third kappa shape index (κ3) is 2.39. The van der Waals surface area contributed by atoms with E-state index in [1.54, 1.807) is 23.1 Å². The molecule has 2 rings (SSSR count). The zero-order valence-corrected chi connectivity index (χ0v) is 9.54. The van der Waals surface area contributed by atoms with Gasteiger partial charge in [-0.15, -0.1) is 0 Å². The minimum absolute atomic E-state index is 0.0385. The lowest BCUT2D eigenvalue weighted by Gasteiger charge is -2.23. The molecule has 0 aromatic heterocycles. The van der Waals surface area contributed by atoms with Crippen molar-refractivity contribution in [2.45, 2.75) is 6.54 Å². The molecule has 1 aromatic carbocycles. The van der Waals surface area contributed by atoms with Crippen LogP contribution < -0.4 is 0 Å². The fraction of sp³-hybridized carbons (Fsp3) is 0.0714. The van der Waals surface area contributed by atoms with Gasteiger partial charge in [-0.05, 0) is 17.7 Å². The van der Waals surface area contributed by atoms with Crippen LogP contribution in [0.25, 0.3) is 0 Å². The molecular weight excluding hydrogens is 230 g/mol. The van der Waals surface area contributed by atoms with E-state index in [0.29, 0.717) is 6.54 Å². The third-order valence-corrected chi connectivity index (χ3v) is 2.59. The predicted molar refractivity (Wildman–Crippen MR) is 66.1 cm³/mol. The maximum absolute atomic E-state index is 11.0. The standard InChI is InChI=1S/C14H11NO3/c16-10-13-12(14(17)18)7-4-8-15(13)9-11-5-2-1-3-6-11/h1-8H,9H2,(H,17,18). The van der Waals surface area contributed by atoms with Crippen LogP contribution in [0.5, 0.6) is 0 Å². The van der Waals surface area contributed by atoms with Gasteiger partial charge in [0.15, 0.2) is 5.94 Å². The van der Waals surface area contributed by atoms with Crippen molar-refractivity contribution in [1.29, 1.82) is 0 Å². The Morgan fingerprint density at radius 1 is 1.28 bits per heavy atom. The molecule has 1 heterocycles. The molecule has 1 aliphatic heterocycles. The second kappa shape index (κ2) is 5.17. The average Bonchev–Trinajstić information content (AvgIpc) is 2.39. The normalized spacial score (nSPS) is 14.1. The monoisotopic (exact) mass is 241 g/mol. The first-order valence-corrected chi connectivity index (χ1v) is 5.40. The summed E-state index contributed by atoms with van der Waals surface area (Å²) >= 11 is 0. The second-order valence-corrected chi connectivity index (χ2v) is 3.79. The lowest BCUT2D eigenvalue weighted by atomic mass is 10.1. The quantitative estimate of drug-likeness (QED) is 0.819. The molecule has 90 valence electrons. The molecule has 0 bridgehead atoms. The molecule has 0 radical (unpaired) electrons. The molecule has 0 atom stereocenters. The van der Waals surface area contributed by atoms with Crippen molar-refractivity contribution in [1.82, 2.24) is 4.90 Å². The van der Waals surface area contributed by atoms with Gasteiger partial charge in [0, 0.05) is 12.7 Å². The number of carboxylic acid groups (broad SMARTS) is 1. The summed E-state index contributed by atoms with van der Waals surface area (Å²) < 4.78 is 0. The number of allylic oxidation sites excluding steroid dienone is 2. The Morgan fingerprint density at radius 3 is 2.61 bits per heavy atom. The summed E-state index contributed by atoms with van der Waals surface area (Å²) in [6.45, 7) is 0.437.